The van der Waals surface area contributed by atoms with E-state index in [0.717, 1.165) is 35.5 Å². The lowest BCUT2D eigenvalue weighted by molar-refractivity contribution is -0.116. The predicted octanol–water partition coefficient (Wildman–Crippen LogP) is 5.27. The molecule has 3 aromatic carbocycles. The molecule has 0 bridgehead atoms. The van der Waals surface area contributed by atoms with Crippen LogP contribution in [0.2, 0.25) is 0 Å². The highest BCUT2D eigenvalue weighted by Gasteiger charge is 2.16. The van der Waals surface area contributed by atoms with Crippen LogP contribution in [0.15, 0.2) is 66.7 Å². The molecule has 146 valence electrons. The van der Waals surface area contributed by atoms with Crippen LogP contribution in [0.5, 0.6) is 0 Å². The van der Waals surface area contributed by atoms with Gasteiger partial charge in [-0.1, -0.05) is 29.8 Å². The zero-order chi connectivity index (χ0) is 20.2. The maximum absolute atomic E-state index is 12.9. The minimum Gasteiger partial charge on any atom is -0.354 e. The van der Waals surface area contributed by atoms with Crippen LogP contribution in [0, 0.1) is 6.92 Å². The van der Waals surface area contributed by atoms with Gasteiger partial charge in [-0.05, 0) is 67.8 Å². The molecule has 0 saturated heterocycles. The molecule has 0 saturated carbocycles. The Hall–Kier alpha value is -3.60. The third-order valence-electron chi connectivity index (χ3n) is 5.00. The van der Waals surface area contributed by atoms with Crippen molar-refractivity contribution >= 4 is 34.6 Å². The highest BCUT2D eigenvalue weighted by Crippen LogP contribution is 2.27. The van der Waals surface area contributed by atoms with Gasteiger partial charge in [-0.2, -0.15) is 0 Å². The summed E-state index contributed by atoms with van der Waals surface area (Å²) in [5.74, 6) is -0.154. The predicted molar refractivity (Wildman–Crippen MR) is 117 cm³/mol. The average molecular weight is 385 g/mol. The van der Waals surface area contributed by atoms with Crippen LogP contribution >= 0.6 is 0 Å². The first-order valence-electron chi connectivity index (χ1n) is 9.75. The maximum Gasteiger partial charge on any atom is 0.255 e. The first-order chi connectivity index (χ1) is 14.1. The Bertz CT molecular complexity index is 1060. The first-order valence-corrected chi connectivity index (χ1v) is 9.75. The van der Waals surface area contributed by atoms with Crippen LogP contribution in [-0.4, -0.2) is 11.8 Å². The normalized spacial score (nSPS) is 13.1. The Kier molecular flexibility index (Phi) is 5.29. The lowest BCUT2D eigenvalue weighted by atomic mass is 10.0. The molecule has 0 radical (unpaired) electrons. The number of benzene rings is 3. The van der Waals surface area contributed by atoms with Crippen molar-refractivity contribution in [2.45, 2.75) is 26.2 Å². The summed E-state index contributed by atoms with van der Waals surface area (Å²) in [6.07, 6.45) is 2.07. The molecule has 4 rings (SSSR count). The van der Waals surface area contributed by atoms with Crippen LogP contribution < -0.4 is 16.0 Å². The zero-order valence-corrected chi connectivity index (χ0v) is 16.3. The van der Waals surface area contributed by atoms with Crippen LogP contribution in [0.3, 0.4) is 0 Å². The second-order valence-electron chi connectivity index (χ2n) is 7.26. The van der Waals surface area contributed by atoms with Gasteiger partial charge < -0.3 is 16.0 Å². The number of hydrogen-bond acceptors (Lipinski definition) is 3. The van der Waals surface area contributed by atoms with E-state index in [2.05, 4.69) is 16.0 Å². The van der Waals surface area contributed by atoms with E-state index in [1.165, 1.54) is 5.56 Å². The fraction of sp³-hybridized carbons (Fsp3) is 0.167. The number of para-hydroxylation sites is 2. The summed E-state index contributed by atoms with van der Waals surface area (Å²) >= 11 is 0. The molecule has 3 N–H and O–H groups in total. The van der Waals surface area contributed by atoms with Gasteiger partial charge in [-0.3, -0.25) is 9.59 Å². The monoisotopic (exact) mass is 385 g/mol. The molecular formula is C24H23N3O2. The minimum absolute atomic E-state index is 0.0251. The lowest BCUT2D eigenvalue weighted by Crippen LogP contribution is -2.14. The largest absolute Gasteiger partial charge is 0.354 e. The highest BCUT2D eigenvalue weighted by atomic mass is 16.2. The Balaban J connectivity index is 1.54. The smallest absolute Gasteiger partial charge is 0.255 e. The Labute approximate surface area is 170 Å². The molecule has 0 aliphatic carbocycles. The van der Waals surface area contributed by atoms with Gasteiger partial charge in [0.1, 0.15) is 0 Å². The van der Waals surface area contributed by atoms with E-state index < -0.39 is 0 Å². The molecule has 0 aromatic heterocycles. The third kappa shape index (κ3) is 4.46. The van der Waals surface area contributed by atoms with Crippen molar-refractivity contribution in [1.82, 2.24) is 0 Å². The Morgan fingerprint density at radius 1 is 0.931 bits per heavy atom. The van der Waals surface area contributed by atoms with Gasteiger partial charge in [0.25, 0.3) is 5.91 Å². The van der Waals surface area contributed by atoms with Crippen molar-refractivity contribution in [3.8, 4) is 0 Å². The van der Waals surface area contributed by atoms with E-state index in [1.54, 1.807) is 6.07 Å². The van der Waals surface area contributed by atoms with Gasteiger partial charge in [-0.15, -0.1) is 0 Å². The maximum atomic E-state index is 12.9. The van der Waals surface area contributed by atoms with Crippen molar-refractivity contribution < 1.29 is 9.59 Å². The van der Waals surface area contributed by atoms with Gasteiger partial charge in [0.2, 0.25) is 5.91 Å². The number of rotatable bonds is 4. The molecule has 0 unspecified atom stereocenters. The quantitative estimate of drug-likeness (QED) is 0.573. The van der Waals surface area contributed by atoms with Gasteiger partial charge in [0, 0.05) is 23.4 Å². The molecule has 3 aromatic rings. The standard InChI is InChI=1S/C24H23N3O2/c1-16-9-12-19(13-10-16)25-21-6-2-3-7-22(21)27-24(29)18-11-14-20-17(15-18)5-4-8-23(28)26-20/h2-3,6-7,9-15,25H,4-5,8H2,1H3,(H,26,28)(H,27,29). The number of carbonyl (C=O) groups is 2. The van der Waals surface area contributed by atoms with E-state index in [9.17, 15) is 9.59 Å². The van der Waals surface area contributed by atoms with E-state index >= 15 is 0 Å². The molecule has 1 heterocycles. The second-order valence-corrected chi connectivity index (χ2v) is 7.26. The SMILES string of the molecule is Cc1ccc(Nc2ccccc2NC(=O)c2ccc3c(c2)CCCC(=O)N3)cc1. The number of hydrogen-bond donors (Lipinski definition) is 3. The summed E-state index contributed by atoms with van der Waals surface area (Å²) in [4.78, 5) is 24.6. The Morgan fingerprint density at radius 2 is 1.69 bits per heavy atom. The molecule has 5 nitrogen and oxygen atoms in total. The number of amides is 2. The summed E-state index contributed by atoms with van der Waals surface area (Å²) in [5.41, 5.74) is 6.05. The van der Waals surface area contributed by atoms with Gasteiger partial charge >= 0.3 is 0 Å². The van der Waals surface area contributed by atoms with Gasteiger partial charge in [-0.25, -0.2) is 0 Å². The van der Waals surface area contributed by atoms with Gasteiger partial charge in [0.15, 0.2) is 0 Å². The van der Waals surface area contributed by atoms with E-state index in [-0.39, 0.29) is 11.8 Å². The summed E-state index contributed by atoms with van der Waals surface area (Å²) in [5, 5.41) is 9.26. The topological polar surface area (TPSA) is 70.2 Å². The Morgan fingerprint density at radius 3 is 2.48 bits per heavy atom. The molecule has 1 aliphatic heterocycles. The van der Waals surface area contributed by atoms with Crippen LogP contribution in [0.4, 0.5) is 22.7 Å². The van der Waals surface area contributed by atoms with Gasteiger partial charge in [0.05, 0.1) is 11.4 Å². The molecule has 0 atom stereocenters. The molecule has 5 heteroatoms. The van der Waals surface area contributed by atoms with E-state index in [0.29, 0.717) is 17.7 Å². The van der Waals surface area contributed by atoms with Crippen molar-refractivity contribution in [3.05, 3.63) is 83.4 Å². The zero-order valence-electron chi connectivity index (χ0n) is 16.3. The fourth-order valence-corrected chi connectivity index (χ4v) is 3.40. The summed E-state index contributed by atoms with van der Waals surface area (Å²) in [6.45, 7) is 2.05. The third-order valence-corrected chi connectivity index (χ3v) is 5.00. The number of nitrogens with one attached hydrogen (secondary N) is 3. The summed E-state index contributed by atoms with van der Waals surface area (Å²) < 4.78 is 0. The first kappa shape index (κ1) is 18.7. The van der Waals surface area contributed by atoms with Crippen molar-refractivity contribution in [1.29, 1.82) is 0 Å². The van der Waals surface area contributed by atoms with Crippen LogP contribution in [0.25, 0.3) is 0 Å². The highest BCUT2D eigenvalue weighted by molar-refractivity contribution is 6.06. The van der Waals surface area contributed by atoms with Crippen LogP contribution in [0.1, 0.15) is 34.3 Å². The van der Waals surface area contributed by atoms with E-state index in [4.69, 9.17) is 0 Å². The molecule has 0 fully saturated rings. The number of carbonyl (C=O) groups excluding carboxylic acids is 2. The van der Waals surface area contributed by atoms with Crippen molar-refractivity contribution in [2.75, 3.05) is 16.0 Å². The molecular weight excluding hydrogens is 362 g/mol. The second kappa shape index (κ2) is 8.19. The number of fused-ring (bicyclic) bond motifs is 1. The fourth-order valence-electron chi connectivity index (χ4n) is 3.40. The lowest BCUT2D eigenvalue weighted by Gasteiger charge is -2.14. The average Bonchev–Trinajstić information content (AvgIpc) is 2.91. The number of anilines is 4. The molecule has 2 amide bonds. The van der Waals surface area contributed by atoms with E-state index in [1.807, 2.05) is 67.6 Å². The van der Waals surface area contributed by atoms with Crippen molar-refractivity contribution in [2.24, 2.45) is 0 Å². The van der Waals surface area contributed by atoms with Crippen LogP contribution in [-0.2, 0) is 11.2 Å². The number of aryl methyl sites for hydroxylation is 2. The van der Waals surface area contributed by atoms with Crippen molar-refractivity contribution in [3.63, 3.8) is 0 Å². The summed E-state index contributed by atoms with van der Waals surface area (Å²) in [7, 11) is 0. The summed E-state index contributed by atoms with van der Waals surface area (Å²) in [6, 6.07) is 21.1. The molecule has 1 aliphatic rings. The minimum atomic E-state index is -0.179. The molecule has 29 heavy (non-hydrogen) atoms. The molecule has 0 spiro atoms.